The Morgan fingerprint density at radius 1 is 1.23 bits per heavy atom. The topological polar surface area (TPSA) is 80.0 Å². The van der Waals surface area contributed by atoms with Gasteiger partial charge in [0.15, 0.2) is 0 Å². The second-order valence-electron chi connectivity index (χ2n) is 6.58. The van der Waals surface area contributed by atoms with Crippen LogP contribution in [0.3, 0.4) is 0 Å². The van der Waals surface area contributed by atoms with Crippen LogP contribution in [0.25, 0.3) is 5.69 Å². The van der Waals surface area contributed by atoms with Crippen LogP contribution in [0, 0.1) is 6.92 Å². The van der Waals surface area contributed by atoms with Gasteiger partial charge in [0.2, 0.25) is 5.82 Å². The van der Waals surface area contributed by atoms with Crippen molar-refractivity contribution in [3.8, 4) is 5.69 Å². The third-order valence-corrected chi connectivity index (χ3v) is 4.51. The Morgan fingerprint density at radius 3 is 2.69 bits per heavy atom. The van der Waals surface area contributed by atoms with E-state index < -0.39 is 0 Å². The van der Waals surface area contributed by atoms with Crippen LogP contribution in [-0.2, 0) is 6.61 Å². The first kappa shape index (κ1) is 16.5. The van der Waals surface area contributed by atoms with Crippen LogP contribution >= 0.6 is 0 Å². The molecule has 3 aromatic rings. The van der Waals surface area contributed by atoms with E-state index in [1.807, 2.05) is 49.4 Å². The Bertz CT molecular complexity index is 946. The first-order valence-electron chi connectivity index (χ1n) is 8.70. The Morgan fingerprint density at radius 2 is 2.00 bits per heavy atom. The van der Waals surface area contributed by atoms with Crippen molar-refractivity contribution in [2.45, 2.75) is 32.3 Å². The fraction of sp³-hybridized carbons (Fsp3) is 0.250. The molecule has 26 heavy (non-hydrogen) atoms. The molecule has 1 aliphatic rings. The summed E-state index contributed by atoms with van der Waals surface area (Å²) in [5.74, 6) is 1.01. The van der Waals surface area contributed by atoms with Crippen LogP contribution in [0.4, 0.5) is 5.69 Å². The average Bonchev–Trinajstić information content (AvgIpc) is 3.42. The van der Waals surface area contributed by atoms with E-state index >= 15 is 0 Å². The third-order valence-electron chi connectivity index (χ3n) is 4.51. The quantitative estimate of drug-likeness (QED) is 0.742. The predicted octanol–water partition coefficient (Wildman–Crippen LogP) is 3.20. The minimum Gasteiger partial charge on any atom is -0.392 e. The fourth-order valence-corrected chi connectivity index (χ4v) is 2.87. The summed E-state index contributed by atoms with van der Waals surface area (Å²) in [5, 5.41) is 16.6. The maximum atomic E-state index is 12.7. The molecule has 2 aromatic carbocycles. The second kappa shape index (κ2) is 6.72. The van der Waals surface area contributed by atoms with Crippen LogP contribution in [0.1, 0.15) is 46.3 Å². The molecule has 1 aliphatic carbocycles. The van der Waals surface area contributed by atoms with Gasteiger partial charge < -0.3 is 10.4 Å². The molecule has 0 spiro atoms. The van der Waals surface area contributed by atoms with Crippen molar-refractivity contribution >= 4 is 11.6 Å². The van der Waals surface area contributed by atoms with E-state index in [1.165, 1.54) is 0 Å². The summed E-state index contributed by atoms with van der Waals surface area (Å²) >= 11 is 0. The summed E-state index contributed by atoms with van der Waals surface area (Å²) in [4.78, 5) is 17.2. The number of rotatable bonds is 5. The summed E-state index contributed by atoms with van der Waals surface area (Å²) in [6.45, 7) is 1.83. The van der Waals surface area contributed by atoms with Gasteiger partial charge in [0, 0.05) is 11.6 Å². The van der Waals surface area contributed by atoms with Crippen molar-refractivity contribution in [2.75, 3.05) is 5.32 Å². The van der Waals surface area contributed by atoms with E-state index in [1.54, 1.807) is 10.7 Å². The molecule has 1 saturated carbocycles. The standard InChI is InChI=1S/C20H20N4O2/c1-13-7-8-14(12-25)11-17(13)21-20(26)18-22-19(15-9-10-15)24(23-18)16-5-3-2-4-6-16/h2-8,11,15,25H,9-10,12H2,1H3,(H,21,26). The Kier molecular flexibility index (Phi) is 4.26. The first-order chi connectivity index (χ1) is 12.7. The van der Waals surface area contributed by atoms with Crippen LogP contribution in [0.5, 0.6) is 0 Å². The number of nitrogens with zero attached hydrogens (tertiary/aromatic N) is 3. The Hall–Kier alpha value is -2.99. The summed E-state index contributed by atoms with van der Waals surface area (Å²) in [7, 11) is 0. The molecule has 0 bridgehead atoms. The van der Waals surface area contributed by atoms with Gasteiger partial charge >= 0.3 is 0 Å². The number of aryl methyl sites for hydroxylation is 1. The molecule has 6 heteroatoms. The highest BCUT2D eigenvalue weighted by molar-refractivity contribution is 6.02. The number of aromatic nitrogens is 3. The summed E-state index contributed by atoms with van der Waals surface area (Å²) in [6.07, 6.45) is 2.15. The number of benzene rings is 2. The smallest absolute Gasteiger partial charge is 0.295 e. The summed E-state index contributed by atoms with van der Waals surface area (Å²) in [6, 6.07) is 15.2. The van der Waals surface area contributed by atoms with Crippen molar-refractivity contribution in [3.63, 3.8) is 0 Å². The highest BCUT2D eigenvalue weighted by atomic mass is 16.3. The molecule has 1 aromatic heterocycles. The minimum absolute atomic E-state index is 0.0735. The number of anilines is 1. The van der Waals surface area contributed by atoms with Crippen molar-refractivity contribution < 1.29 is 9.90 Å². The van der Waals surface area contributed by atoms with Crippen molar-refractivity contribution in [2.24, 2.45) is 0 Å². The monoisotopic (exact) mass is 348 g/mol. The number of carbonyl (C=O) groups excluding carboxylic acids is 1. The molecule has 6 nitrogen and oxygen atoms in total. The summed E-state index contributed by atoms with van der Waals surface area (Å²) < 4.78 is 1.77. The zero-order valence-corrected chi connectivity index (χ0v) is 14.5. The molecule has 0 saturated heterocycles. The maximum Gasteiger partial charge on any atom is 0.295 e. The number of hydrogen-bond donors (Lipinski definition) is 2. The van der Waals surface area contributed by atoms with Gasteiger partial charge in [-0.1, -0.05) is 30.3 Å². The number of aliphatic hydroxyl groups excluding tert-OH is 1. The summed E-state index contributed by atoms with van der Waals surface area (Å²) in [5.41, 5.74) is 3.22. The van der Waals surface area contributed by atoms with Crippen LogP contribution in [0.2, 0.25) is 0 Å². The van der Waals surface area contributed by atoms with E-state index in [0.29, 0.717) is 11.6 Å². The lowest BCUT2D eigenvalue weighted by atomic mass is 10.1. The highest BCUT2D eigenvalue weighted by Gasteiger charge is 2.31. The van der Waals surface area contributed by atoms with Gasteiger partial charge in [-0.2, -0.15) is 0 Å². The predicted molar refractivity (Wildman–Crippen MR) is 98.4 cm³/mol. The van der Waals surface area contributed by atoms with Crippen molar-refractivity contribution in [3.05, 3.63) is 71.3 Å². The Labute approximate surface area is 151 Å². The van der Waals surface area contributed by atoms with Gasteiger partial charge in [-0.15, -0.1) is 5.10 Å². The normalized spacial score (nSPS) is 13.6. The SMILES string of the molecule is Cc1ccc(CO)cc1NC(=O)c1nc(C2CC2)n(-c2ccccc2)n1. The van der Waals surface area contributed by atoms with Gasteiger partial charge in [0.1, 0.15) is 5.82 Å². The number of hydrogen-bond acceptors (Lipinski definition) is 4. The fourth-order valence-electron chi connectivity index (χ4n) is 2.87. The third kappa shape index (κ3) is 3.23. The van der Waals surface area contributed by atoms with Gasteiger partial charge in [-0.25, -0.2) is 9.67 Å². The number of amides is 1. The minimum atomic E-state index is -0.347. The van der Waals surface area contributed by atoms with E-state index in [0.717, 1.165) is 35.5 Å². The number of carbonyl (C=O) groups is 1. The van der Waals surface area contributed by atoms with Gasteiger partial charge in [-0.05, 0) is 49.1 Å². The molecule has 1 heterocycles. The maximum absolute atomic E-state index is 12.7. The molecular formula is C20H20N4O2. The molecular weight excluding hydrogens is 328 g/mol. The molecule has 0 radical (unpaired) electrons. The van der Waals surface area contributed by atoms with E-state index in [9.17, 15) is 9.90 Å². The molecule has 1 fully saturated rings. The molecule has 132 valence electrons. The van der Waals surface area contributed by atoms with E-state index in [2.05, 4.69) is 15.4 Å². The molecule has 2 N–H and O–H groups in total. The molecule has 1 amide bonds. The zero-order chi connectivity index (χ0) is 18.1. The van der Waals surface area contributed by atoms with Crippen molar-refractivity contribution in [1.82, 2.24) is 14.8 Å². The second-order valence-corrected chi connectivity index (χ2v) is 6.58. The highest BCUT2D eigenvalue weighted by Crippen LogP contribution is 2.39. The zero-order valence-electron chi connectivity index (χ0n) is 14.5. The van der Waals surface area contributed by atoms with Crippen LogP contribution in [-0.4, -0.2) is 25.8 Å². The first-order valence-corrected chi connectivity index (χ1v) is 8.70. The van der Waals surface area contributed by atoms with E-state index in [4.69, 9.17) is 0 Å². The lowest BCUT2D eigenvalue weighted by molar-refractivity contribution is 0.101. The molecule has 0 atom stereocenters. The molecule has 4 rings (SSSR count). The Balaban J connectivity index is 1.65. The number of nitrogens with one attached hydrogen (secondary N) is 1. The molecule has 0 unspecified atom stereocenters. The van der Waals surface area contributed by atoms with Gasteiger partial charge in [-0.3, -0.25) is 4.79 Å². The average molecular weight is 348 g/mol. The number of para-hydroxylation sites is 1. The van der Waals surface area contributed by atoms with Crippen molar-refractivity contribution in [1.29, 1.82) is 0 Å². The lowest BCUT2D eigenvalue weighted by Crippen LogP contribution is -2.15. The largest absolute Gasteiger partial charge is 0.392 e. The molecule has 0 aliphatic heterocycles. The van der Waals surface area contributed by atoms with Crippen LogP contribution < -0.4 is 5.32 Å². The van der Waals surface area contributed by atoms with Gasteiger partial charge in [0.05, 0.1) is 12.3 Å². The lowest BCUT2D eigenvalue weighted by Gasteiger charge is -2.08. The van der Waals surface area contributed by atoms with Crippen LogP contribution in [0.15, 0.2) is 48.5 Å². The number of aliphatic hydroxyl groups is 1. The van der Waals surface area contributed by atoms with Gasteiger partial charge in [0.25, 0.3) is 5.91 Å². The van der Waals surface area contributed by atoms with E-state index in [-0.39, 0.29) is 18.3 Å².